The molecular formula is C21H34O2. The third-order valence-corrected chi connectivity index (χ3v) is 8.68. The highest BCUT2D eigenvalue weighted by Gasteiger charge is 2.60. The van der Waals surface area contributed by atoms with Gasteiger partial charge in [0.15, 0.2) is 0 Å². The molecule has 4 saturated carbocycles. The maximum absolute atomic E-state index is 11.8. The van der Waals surface area contributed by atoms with E-state index >= 15 is 0 Å². The summed E-state index contributed by atoms with van der Waals surface area (Å²) in [6, 6.07) is 0. The molecule has 0 aromatic rings. The van der Waals surface area contributed by atoms with Crippen LogP contribution in [0.4, 0.5) is 0 Å². The van der Waals surface area contributed by atoms with E-state index in [2.05, 4.69) is 13.8 Å². The first-order valence-corrected chi connectivity index (χ1v) is 10.1. The molecule has 4 aliphatic carbocycles. The summed E-state index contributed by atoms with van der Waals surface area (Å²) in [5.41, 5.74) is 1.04. The van der Waals surface area contributed by atoms with Crippen molar-refractivity contribution in [2.75, 3.05) is 0 Å². The smallest absolute Gasteiger partial charge is 0.302 e. The van der Waals surface area contributed by atoms with Crippen LogP contribution in [-0.2, 0) is 9.53 Å². The molecule has 2 nitrogen and oxygen atoms in total. The quantitative estimate of drug-likeness (QED) is 0.609. The number of esters is 1. The molecule has 4 rings (SSSR count). The van der Waals surface area contributed by atoms with Gasteiger partial charge in [-0.15, -0.1) is 0 Å². The molecule has 7 atom stereocenters. The van der Waals surface area contributed by atoms with Gasteiger partial charge in [0.05, 0.1) is 0 Å². The zero-order valence-corrected chi connectivity index (χ0v) is 15.3. The first-order chi connectivity index (χ1) is 10.9. The second-order valence-electron chi connectivity index (χ2n) is 9.71. The molecule has 0 heterocycles. The Bertz CT molecular complexity index is 486. The van der Waals surface area contributed by atoms with Gasteiger partial charge in [-0.3, -0.25) is 4.79 Å². The van der Waals surface area contributed by atoms with E-state index in [1.165, 1.54) is 57.8 Å². The highest BCUT2D eigenvalue weighted by molar-refractivity contribution is 5.66. The third kappa shape index (κ3) is 2.38. The monoisotopic (exact) mass is 318 g/mol. The summed E-state index contributed by atoms with van der Waals surface area (Å²) < 4.78 is 5.97. The van der Waals surface area contributed by atoms with E-state index in [0.29, 0.717) is 16.7 Å². The van der Waals surface area contributed by atoms with E-state index in [9.17, 15) is 4.79 Å². The summed E-state index contributed by atoms with van der Waals surface area (Å²) in [6.45, 7) is 6.73. The molecule has 4 fully saturated rings. The Morgan fingerprint density at radius 2 is 1.78 bits per heavy atom. The van der Waals surface area contributed by atoms with Crippen LogP contribution in [0.2, 0.25) is 0 Å². The Balaban J connectivity index is 1.70. The minimum atomic E-state index is -0.0570. The first-order valence-electron chi connectivity index (χ1n) is 10.1. The van der Waals surface area contributed by atoms with Crippen molar-refractivity contribution in [3.63, 3.8) is 0 Å². The van der Waals surface area contributed by atoms with Gasteiger partial charge in [-0.1, -0.05) is 33.1 Å². The molecule has 0 aliphatic heterocycles. The van der Waals surface area contributed by atoms with E-state index in [1.807, 2.05) is 0 Å². The second-order valence-corrected chi connectivity index (χ2v) is 9.71. The zero-order valence-electron chi connectivity index (χ0n) is 15.3. The molecular weight excluding hydrogens is 284 g/mol. The lowest BCUT2D eigenvalue weighted by Crippen LogP contribution is -2.57. The van der Waals surface area contributed by atoms with Crippen molar-refractivity contribution in [2.24, 2.45) is 34.5 Å². The summed E-state index contributed by atoms with van der Waals surface area (Å²) in [5, 5.41) is 0. The summed E-state index contributed by atoms with van der Waals surface area (Å²) in [4.78, 5) is 11.8. The maximum Gasteiger partial charge on any atom is 0.302 e. The molecule has 0 spiro atoms. The zero-order chi connectivity index (χ0) is 16.2. The van der Waals surface area contributed by atoms with Crippen LogP contribution in [0, 0.1) is 34.5 Å². The summed E-state index contributed by atoms with van der Waals surface area (Å²) in [5.74, 6) is 2.96. The topological polar surface area (TPSA) is 26.3 Å². The number of carbonyl (C=O) groups excluding carboxylic acids is 1. The van der Waals surface area contributed by atoms with Crippen LogP contribution < -0.4 is 0 Å². The molecule has 4 aliphatic rings. The number of carbonyl (C=O) groups is 1. The normalized spacial score (nSPS) is 52.2. The number of fused-ring (bicyclic) bond motifs is 5. The molecule has 0 saturated heterocycles. The van der Waals surface area contributed by atoms with Crippen LogP contribution in [0.15, 0.2) is 0 Å². The Morgan fingerprint density at radius 3 is 2.57 bits per heavy atom. The lowest BCUT2D eigenvalue weighted by molar-refractivity contribution is -0.185. The third-order valence-electron chi connectivity index (χ3n) is 8.68. The van der Waals surface area contributed by atoms with Crippen molar-refractivity contribution in [1.29, 1.82) is 0 Å². The van der Waals surface area contributed by atoms with Gasteiger partial charge >= 0.3 is 5.97 Å². The number of rotatable bonds is 1. The van der Waals surface area contributed by atoms with Crippen LogP contribution in [0.25, 0.3) is 0 Å². The van der Waals surface area contributed by atoms with Crippen molar-refractivity contribution in [3.8, 4) is 0 Å². The van der Waals surface area contributed by atoms with E-state index in [0.717, 1.165) is 24.2 Å². The Labute approximate surface area is 141 Å². The van der Waals surface area contributed by atoms with Gasteiger partial charge in [-0.2, -0.15) is 0 Å². The van der Waals surface area contributed by atoms with Crippen molar-refractivity contribution < 1.29 is 9.53 Å². The predicted molar refractivity (Wildman–Crippen MR) is 91.9 cm³/mol. The molecule has 23 heavy (non-hydrogen) atoms. The summed E-state index contributed by atoms with van der Waals surface area (Å²) in [7, 11) is 0. The summed E-state index contributed by atoms with van der Waals surface area (Å²) >= 11 is 0. The fraction of sp³-hybridized carbons (Fsp3) is 0.952. The molecule has 0 unspecified atom stereocenters. The van der Waals surface area contributed by atoms with Gasteiger partial charge in [0, 0.05) is 12.8 Å². The van der Waals surface area contributed by atoms with E-state index < -0.39 is 0 Å². The van der Waals surface area contributed by atoms with Gasteiger partial charge in [-0.05, 0) is 73.5 Å². The molecule has 0 aromatic heterocycles. The SMILES string of the molecule is CC(=O)O[C@@H]1C[C@H]2CCCC[C@]2(C)[C@@H]2CC[C@]3(C)CCC[C@@H]3[C@@H]21. The van der Waals surface area contributed by atoms with Crippen molar-refractivity contribution in [2.45, 2.75) is 91.1 Å². The van der Waals surface area contributed by atoms with Crippen molar-refractivity contribution in [1.82, 2.24) is 0 Å². The maximum atomic E-state index is 11.8. The fourth-order valence-corrected chi connectivity index (χ4v) is 7.56. The standard InChI is InChI=1S/C21H34O2/c1-14(22)23-18-13-15-7-4-5-11-21(15,3)17-9-12-20(2)10-6-8-16(20)19(17)18/h15-19H,4-13H2,1-3H3/t15-,16-,17-,18-,19+,20+,21+/m1/s1. The number of ether oxygens (including phenoxy) is 1. The second kappa shape index (κ2) is 5.49. The van der Waals surface area contributed by atoms with Crippen LogP contribution in [0.3, 0.4) is 0 Å². The van der Waals surface area contributed by atoms with Crippen LogP contribution in [0.5, 0.6) is 0 Å². The van der Waals surface area contributed by atoms with Gasteiger partial charge in [0.2, 0.25) is 0 Å². The molecule has 0 radical (unpaired) electrons. The lowest BCUT2D eigenvalue weighted by atomic mass is 9.44. The Hall–Kier alpha value is -0.530. The van der Waals surface area contributed by atoms with Crippen molar-refractivity contribution in [3.05, 3.63) is 0 Å². The van der Waals surface area contributed by atoms with Crippen molar-refractivity contribution >= 4 is 5.97 Å². The summed E-state index contributed by atoms with van der Waals surface area (Å²) in [6.07, 6.45) is 13.9. The highest BCUT2D eigenvalue weighted by atomic mass is 16.5. The Morgan fingerprint density at radius 1 is 0.957 bits per heavy atom. The van der Waals surface area contributed by atoms with Gasteiger partial charge in [0.25, 0.3) is 0 Å². The van der Waals surface area contributed by atoms with Gasteiger partial charge in [-0.25, -0.2) is 0 Å². The van der Waals surface area contributed by atoms with E-state index in [4.69, 9.17) is 4.74 Å². The minimum absolute atomic E-state index is 0.0570. The molecule has 0 N–H and O–H groups in total. The molecule has 0 aromatic carbocycles. The Kier molecular flexibility index (Phi) is 3.81. The molecule has 0 amide bonds. The molecule has 130 valence electrons. The van der Waals surface area contributed by atoms with Crippen LogP contribution in [-0.4, -0.2) is 12.1 Å². The fourth-order valence-electron chi connectivity index (χ4n) is 7.56. The highest BCUT2D eigenvalue weighted by Crippen LogP contribution is 2.66. The van der Waals surface area contributed by atoms with Gasteiger partial charge in [0.1, 0.15) is 6.10 Å². The average Bonchev–Trinajstić information content (AvgIpc) is 2.88. The van der Waals surface area contributed by atoms with Crippen LogP contribution in [0.1, 0.15) is 85.0 Å². The largest absolute Gasteiger partial charge is 0.462 e. The average molecular weight is 319 g/mol. The van der Waals surface area contributed by atoms with Crippen LogP contribution >= 0.6 is 0 Å². The minimum Gasteiger partial charge on any atom is -0.462 e. The van der Waals surface area contributed by atoms with E-state index in [1.54, 1.807) is 6.92 Å². The lowest BCUT2D eigenvalue weighted by Gasteiger charge is -2.61. The number of hydrogen-bond donors (Lipinski definition) is 0. The molecule has 0 bridgehead atoms. The first kappa shape index (κ1) is 16.0. The van der Waals surface area contributed by atoms with E-state index in [-0.39, 0.29) is 12.1 Å². The predicted octanol–water partition coefficient (Wildman–Crippen LogP) is 5.35. The molecule has 2 heteroatoms. The number of hydrogen-bond acceptors (Lipinski definition) is 2. The van der Waals surface area contributed by atoms with Gasteiger partial charge < -0.3 is 4.74 Å².